The Labute approximate surface area is 69.4 Å². The molecule has 1 aliphatic carbocycles. The Balaban J connectivity index is 0.000000461. The van der Waals surface area contributed by atoms with E-state index in [4.69, 9.17) is 0 Å². The molecule has 1 N–H and O–H groups in total. The van der Waals surface area contributed by atoms with Crippen LogP contribution in [0.5, 0.6) is 0 Å². The van der Waals surface area contributed by atoms with Crippen molar-refractivity contribution < 1.29 is 4.79 Å². The number of carbonyl (C=O) groups is 1. The maximum Gasteiger partial charge on any atom is 0.149 e. The van der Waals surface area contributed by atoms with Gasteiger partial charge in [-0.25, -0.2) is 0 Å². The Kier molecular flexibility index (Phi) is 4.34. The van der Waals surface area contributed by atoms with Crippen LogP contribution in [-0.4, -0.2) is 18.4 Å². The Morgan fingerprint density at radius 2 is 1.82 bits per heavy atom. The van der Waals surface area contributed by atoms with Gasteiger partial charge in [0.1, 0.15) is 5.78 Å². The van der Waals surface area contributed by atoms with E-state index in [0.717, 1.165) is 12.8 Å². The summed E-state index contributed by atoms with van der Waals surface area (Å²) in [4.78, 5) is 10.9. The fraction of sp³-hybridized carbons (Fsp3) is 0.889. The van der Waals surface area contributed by atoms with Crippen LogP contribution in [0.4, 0.5) is 0 Å². The molecule has 0 aliphatic heterocycles. The smallest absolute Gasteiger partial charge is 0.149 e. The number of rotatable bonds is 2. The minimum atomic E-state index is -0.125. The molecule has 1 aliphatic rings. The van der Waals surface area contributed by atoms with Gasteiger partial charge in [-0.3, -0.25) is 4.79 Å². The van der Waals surface area contributed by atoms with Gasteiger partial charge in [0.05, 0.1) is 5.54 Å². The van der Waals surface area contributed by atoms with Crippen molar-refractivity contribution in [2.45, 2.75) is 45.6 Å². The molecule has 0 bridgehead atoms. The molecule has 1 saturated carbocycles. The van der Waals surface area contributed by atoms with Crippen molar-refractivity contribution in [1.29, 1.82) is 0 Å². The molecule has 0 amide bonds. The second kappa shape index (κ2) is 4.50. The lowest BCUT2D eigenvalue weighted by molar-refractivity contribution is -0.126. The fourth-order valence-corrected chi connectivity index (χ4v) is 1.31. The summed E-state index contributed by atoms with van der Waals surface area (Å²) in [6.45, 7) is 5.66. The number of hydrogen-bond acceptors (Lipinski definition) is 2. The van der Waals surface area contributed by atoms with Crippen molar-refractivity contribution in [3.8, 4) is 0 Å². The van der Waals surface area contributed by atoms with Crippen molar-refractivity contribution in [2.24, 2.45) is 0 Å². The molecule has 0 aromatic carbocycles. The molecule has 0 unspecified atom stereocenters. The standard InChI is InChI=1S/C7H13NO.C2H6/c1-6(9)7(8-2)4-3-5-7;1-2/h8H,3-5H2,1-2H3;1-2H3. The van der Waals surface area contributed by atoms with Gasteiger partial charge in [0.25, 0.3) is 0 Å². The normalized spacial score (nSPS) is 19.3. The van der Waals surface area contributed by atoms with E-state index in [-0.39, 0.29) is 11.3 Å². The Morgan fingerprint density at radius 1 is 1.36 bits per heavy atom. The van der Waals surface area contributed by atoms with E-state index < -0.39 is 0 Å². The van der Waals surface area contributed by atoms with Gasteiger partial charge in [0.2, 0.25) is 0 Å². The third kappa shape index (κ3) is 2.03. The summed E-state index contributed by atoms with van der Waals surface area (Å²) in [6.07, 6.45) is 3.25. The van der Waals surface area contributed by atoms with Crippen LogP contribution < -0.4 is 5.32 Å². The number of likely N-dealkylation sites (N-methyl/N-ethyl adjacent to an activating group) is 1. The van der Waals surface area contributed by atoms with Crippen molar-refractivity contribution in [2.75, 3.05) is 7.05 Å². The third-order valence-corrected chi connectivity index (χ3v) is 2.36. The van der Waals surface area contributed by atoms with Crippen molar-refractivity contribution in [3.05, 3.63) is 0 Å². The quantitative estimate of drug-likeness (QED) is 0.661. The number of hydrogen-bond donors (Lipinski definition) is 1. The van der Waals surface area contributed by atoms with E-state index in [1.165, 1.54) is 6.42 Å². The first-order valence-electron chi connectivity index (χ1n) is 4.41. The molecule has 0 aromatic rings. The van der Waals surface area contributed by atoms with E-state index in [0.29, 0.717) is 0 Å². The molecule has 0 spiro atoms. The van der Waals surface area contributed by atoms with E-state index in [2.05, 4.69) is 5.32 Å². The highest BCUT2D eigenvalue weighted by Gasteiger charge is 2.39. The summed E-state index contributed by atoms with van der Waals surface area (Å²) in [5.41, 5.74) is -0.125. The van der Waals surface area contributed by atoms with Crippen LogP contribution in [0.1, 0.15) is 40.0 Å². The predicted octanol–water partition coefficient (Wildman–Crippen LogP) is 1.74. The molecule has 0 saturated heterocycles. The van der Waals surface area contributed by atoms with Gasteiger partial charge in [-0.2, -0.15) is 0 Å². The van der Waals surface area contributed by atoms with E-state index >= 15 is 0 Å². The molecule has 2 nitrogen and oxygen atoms in total. The monoisotopic (exact) mass is 157 g/mol. The largest absolute Gasteiger partial charge is 0.308 e. The van der Waals surface area contributed by atoms with Gasteiger partial charge in [0.15, 0.2) is 0 Å². The van der Waals surface area contributed by atoms with Crippen LogP contribution in [0.3, 0.4) is 0 Å². The van der Waals surface area contributed by atoms with Gasteiger partial charge in [-0.15, -0.1) is 0 Å². The number of carbonyl (C=O) groups excluding carboxylic acids is 1. The Morgan fingerprint density at radius 3 is 1.82 bits per heavy atom. The maximum absolute atomic E-state index is 10.9. The fourth-order valence-electron chi connectivity index (χ4n) is 1.31. The summed E-state index contributed by atoms with van der Waals surface area (Å²) in [6, 6.07) is 0. The third-order valence-electron chi connectivity index (χ3n) is 2.36. The first-order chi connectivity index (χ1) is 5.21. The molecular weight excluding hydrogens is 138 g/mol. The molecule has 0 heterocycles. The molecular formula is C9H19NO. The van der Waals surface area contributed by atoms with E-state index in [9.17, 15) is 4.79 Å². The summed E-state index contributed by atoms with van der Waals surface area (Å²) >= 11 is 0. The lowest BCUT2D eigenvalue weighted by atomic mass is 9.74. The summed E-state index contributed by atoms with van der Waals surface area (Å²) in [5.74, 6) is 0.288. The van der Waals surface area contributed by atoms with Crippen LogP contribution in [0.25, 0.3) is 0 Å². The summed E-state index contributed by atoms with van der Waals surface area (Å²) in [7, 11) is 1.86. The summed E-state index contributed by atoms with van der Waals surface area (Å²) < 4.78 is 0. The molecule has 1 rings (SSSR count). The van der Waals surface area contributed by atoms with Gasteiger partial charge in [-0.1, -0.05) is 13.8 Å². The predicted molar refractivity (Wildman–Crippen MR) is 47.7 cm³/mol. The van der Waals surface area contributed by atoms with Crippen LogP contribution in [0.2, 0.25) is 0 Å². The highest BCUT2D eigenvalue weighted by Crippen LogP contribution is 2.31. The minimum absolute atomic E-state index is 0.125. The average Bonchev–Trinajstić information content (AvgIpc) is 1.90. The molecule has 66 valence electrons. The topological polar surface area (TPSA) is 29.1 Å². The minimum Gasteiger partial charge on any atom is -0.308 e. The number of Topliss-reactive ketones (excluding diaryl/α,β-unsaturated/α-hetero) is 1. The highest BCUT2D eigenvalue weighted by molar-refractivity contribution is 5.87. The number of ketones is 1. The second-order valence-electron chi connectivity index (χ2n) is 2.74. The van der Waals surface area contributed by atoms with E-state index in [1.54, 1.807) is 6.92 Å². The number of nitrogens with one attached hydrogen (secondary N) is 1. The molecule has 1 fully saturated rings. The van der Waals surface area contributed by atoms with E-state index in [1.807, 2.05) is 20.9 Å². The lowest BCUT2D eigenvalue weighted by Crippen LogP contribution is -2.54. The molecule has 2 heteroatoms. The molecule has 11 heavy (non-hydrogen) atoms. The van der Waals surface area contributed by atoms with Crippen LogP contribution >= 0.6 is 0 Å². The Bertz CT molecular complexity index is 122. The maximum atomic E-state index is 10.9. The first kappa shape index (κ1) is 10.6. The average molecular weight is 157 g/mol. The zero-order chi connectivity index (χ0) is 8.91. The van der Waals surface area contributed by atoms with Crippen LogP contribution in [0.15, 0.2) is 0 Å². The summed E-state index contributed by atoms with van der Waals surface area (Å²) in [5, 5.41) is 3.06. The second-order valence-corrected chi connectivity index (χ2v) is 2.74. The zero-order valence-electron chi connectivity index (χ0n) is 8.03. The molecule has 0 aromatic heterocycles. The van der Waals surface area contributed by atoms with Crippen LogP contribution in [0, 0.1) is 0 Å². The highest BCUT2D eigenvalue weighted by atomic mass is 16.1. The van der Waals surface area contributed by atoms with Gasteiger partial charge in [0, 0.05) is 0 Å². The van der Waals surface area contributed by atoms with Crippen LogP contribution in [-0.2, 0) is 4.79 Å². The SMILES string of the molecule is CC.CNC1(C(C)=O)CCC1. The lowest BCUT2D eigenvalue weighted by Gasteiger charge is -2.39. The van der Waals surface area contributed by atoms with Gasteiger partial charge >= 0.3 is 0 Å². The zero-order valence-corrected chi connectivity index (χ0v) is 8.03. The van der Waals surface area contributed by atoms with Crippen molar-refractivity contribution >= 4 is 5.78 Å². The Hall–Kier alpha value is -0.370. The van der Waals surface area contributed by atoms with Gasteiger partial charge in [-0.05, 0) is 33.2 Å². The first-order valence-corrected chi connectivity index (χ1v) is 4.41. The molecule has 0 radical (unpaired) electrons. The van der Waals surface area contributed by atoms with Gasteiger partial charge < -0.3 is 5.32 Å². The van der Waals surface area contributed by atoms with Crippen molar-refractivity contribution in [1.82, 2.24) is 5.32 Å². The van der Waals surface area contributed by atoms with Crippen molar-refractivity contribution in [3.63, 3.8) is 0 Å². The molecule has 0 atom stereocenters.